The van der Waals surface area contributed by atoms with E-state index in [4.69, 9.17) is 20.9 Å². The number of hydrogen-bond donors (Lipinski definition) is 0. The number of Topliss-reactive ketones (excluding diaryl/α,β-unsaturated/α-hetero) is 1. The zero-order valence-electron chi connectivity index (χ0n) is 16.2. The van der Waals surface area contributed by atoms with Gasteiger partial charge in [-0.1, -0.05) is 35.0 Å². The molecule has 1 aromatic carbocycles. The van der Waals surface area contributed by atoms with Gasteiger partial charge in [0.05, 0.1) is 17.5 Å². The van der Waals surface area contributed by atoms with E-state index in [-0.39, 0.29) is 34.8 Å². The first kappa shape index (κ1) is 18.4. The lowest BCUT2D eigenvalue weighted by Gasteiger charge is -2.37. The van der Waals surface area contributed by atoms with Crippen LogP contribution in [0.5, 0.6) is 0 Å². The van der Waals surface area contributed by atoms with E-state index in [1.165, 1.54) is 4.90 Å². The quantitative estimate of drug-likeness (QED) is 0.697. The predicted molar refractivity (Wildman–Crippen MR) is 107 cm³/mol. The van der Waals surface area contributed by atoms with Gasteiger partial charge < -0.3 is 9.26 Å². The van der Waals surface area contributed by atoms with Crippen LogP contribution in [0.1, 0.15) is 42.2 Å². The highest BCUT2D eigenvalue weighted by Gasteiger charge is 2.53. The van der Waals surface area contributed by atoms with Crippen molar-refractivity contribution in [3.63, 3.8) is 0 Å². The Morgan fingerprint density at radius 2 is 1.90 bits per heavy atom. The molecular formula is C22H21ClN2O4. The van der Waals surface area contributed by atoms with Crippen molar-refractivity contribution < 1.29 is 18.8 Å². The third kappa shape index (κ3) is 2.89. The van der Waals surface area contributed by atoms with Crippen LogP contribution in [0.2, 0.25) is 0 Å². The number of alkyl halides is 1. The maximum atomic E-state index is 13.5. The van der Waals surface area contributed by atoms with Gasteiger partial charge in [-0.15, -0.1) is 11.6 Å². The summed E-state index contributed by atoms with van der Waals surface area (Å²) >= 11 is 6.35. The summed E-state index contributed by atoms with van der Waals surface area (Å²) in [5, 5.41) is 4.00. The minimum Gasteiger partial charge on any atom is -0.483 e. The van der Waals surface area contributed by atoms with Gasteiger partial charge in [-0.3, -0.25) is 14.5 Å². The summed E-state index contributed by atoms with van der Waals surface area (Å²) in [6, 6.07) is 8.92. The van der Waals surface area contributed by atoms with Gasteiger partial charge >= 0.3 is 0 Å². The number of rotatable bonds is 2. The van der Waals surface area contributed by atoms with Crippen molar-refractivity contribution in [3.05, 3.63) is 58.6 Å². The minimum absolute atomic E-state index is 0.0387. The van der Waals surface area contributed by atoms with Crippen LogP contribution < -0.4 is 4.90 Å². The molecule has 29 heavy (non-hydrogen) atoms. The highest BCUT2D eigenvalue weighted by atomic mass is 35.5. The molecule has 7 heteroatoms. The third-order valence-electron chi connectivity index (χ3n) is 6.04. The number of amides is 1. The Balaban J connectivity index is 1.64. The summed E-state index contributed by atoms with van der Waals surface area (Å²) < 4.78 is 11.3. The van der Waals surface area contributed by atoms with Crippen LogP contribution in [0.15, 0.2) is 46.2 Å². The van der Waals surface area contributed by atoms with Gasteiger partial charge in [0.2, 0.25) is 0 Å². The van der Waals surface area contributed by atoms with Crippen LogP contribution in [0, 0.1) is 19.8 Å². The smallest absolute Gasteiger partial charge is 0.295 e. The Morgan fingerprint density at radius 1 is 1.14 bits per heavy atom. The number of hydrogen-bond acceptors (Lipinski definition) is 5. The number of benzene rings is 1. The van der Waals surface area contributed by atoms with Crippen molar-refractivity contribution in [1.82, 2.24) is 5.16 Å². The van der Waals surface area contributed by atoms with E-state index in [0.717, 1.165) is 17.5 Å². The summed E-state index contributed by atoms with van der Waals surface area (Å²) in [5.74, 6) is 0.412. The number of aryl methyl sites for hydroxylation is 2. The Kier molecular flexibility index (Phi) is 4.28. The molecule has 1 fully saturated rings. The van der Waals surface area contributed by atoms with Crippen molar-refractivity contribution in [3.8, 4) is 0 Å². The molecular weight excluding hydrogens is 392 g/mol. The maximum absolute atomic E-state index is 13.5. The molecule has 2 aromatic rings. The van der Waals surface area contributed by atoms with Crippen molar-refractivity contribution in [2.75, 3.05) is 4.90 Å². The molecule has 4 unspecified atom stereocenters. The van der Waals surface area contributed by atoms with Crippen LogP contribution in [0.3, 0.4) is 0 Å². The molecule has 0 N–H and O–H groups in total. The minimum atomic E-state index is -0.591. The lowest BCUT2D eigenvalue weighted by atomic mass is 9.77. The molecule has 0 radical (unpaired) electrons. The molecule has 4 atom stereocenters. The van der Waals surface area contributed by atoms with Crippen LogP contribution in [0.25, 0.3) is 0 Å². The number of nitrogens with zero attached hydrogens (tertiary/aromatic N) is 2. The average molecular weight is 413 g/mol. The number of carbonyl (C=O) groups excluding carboxylic acids is 2. The molecule has 1 aromatic heterocycles. The first-order valence-electron chi connectivity index (χ1n) is 9.86. The zero-order valence-corrected chi connectivity index (χ0v) is 17.0. The van der Waals surface area contributed by atoms with E-state index in [2.05, 4.69) is 5.16 Å². The van der Waals surface area contributed by atoms with Crippen LogP contribution in [-0.2, 0) is 14.3 Å². The van der Waals surface area contributed by atoms with Gasteiger partial charge in [-0.25, -0.2) is 0 Å². The van der Waals surface area contributed by atoms with E-state index in [1.807, 2.05) is 31.2 Å². The van der Waals surface area contributed by atoms with Gasteiger partial charge in [0.1, 0.15) is 11.9 Å². The molecule has 0 saturated heterocycles. The van der Waals surface area contributed by atoms with E-state index < -0.39 is 6.04 Å². The number of anilines is 1. The topological polar surface area (TPSA) is 72.6 Å². The van der Waals surface area contributed by atoms with Crippen LogP contribution in [-0.4, -0.2) is 28.3 Å². The number of ether oxygens (including phenoxy) is 1. The highest BCUT2D eigenvalue weighted by Crippen LogP contribution is 2.48. The molecule has 2 aliphatic heterocycles. The number of fused-ring (bicyclic) bond motifs is 1. The number of carbonyl (C=O) groups is 2. The van der Waals surface area contributed by atoms with E-state index >= 15 is 0 Å². The van der Waals surface area contributed by atoms with Gasteiger partial charge in [-0.05, 0) is 38.7 Å². The summed E-state index contributed by atoms with van der Waals surface area (Å²) in [6.07, 6.45) is 1.73. The number of halogens is 1. The number of aromatic nitrogens is 1. The summed E-state index contributed by atoms with van der Waals surface area (Å²) in [5.41, 5.74) is 2.34. The van der Waals surface area contributed by atoms with Crippen molar-refractivity contribution in [2.45, 2.75) is 50.6 Å². The molecule has 3 heterocycles. The fraction of sp³-hybridized carbons (Fsp3) is 0.409. The second kappa shape index (κ2) is 6.73. The van der Waals surface area contributed by atoms with Gasteiger partial charge in [0.15, 0.2) is 17.4 Å². The second-order valence-electron chi connectivity index (χ2n) is 8.06. The van der Waals surface area contributed by atoms with Crippen molar-refractivity contribution in [2.24, 2.45) is 5.92 Å². The van der Waals surface area contributed by atoms with Gasteiger partial charge in [0, 0.05) is 11.4 Å². The highest BCUT2D eigenvalue weighted by molar-refractivity contribution is 6.21. The molecule has 150 valence electrons. The summed E-state index contributed by atoms with van der Waals surface area (Å²) in [4.78, 5) is 28.4. The third-order valence-corrected chi connectivity index (χ3v) is 6.44. The Labute approximate surface area is 173 Å². The van der Waals surface area contributed by atoms with E-state index in [1.54, 1.807) is 13.0 Å². The monoisotopic (exact) mass is 412 g/mol. The largest absolute Gasteiger partial charge is 0.483 e. The Bertz CT molecular complexity index is 1030. The van der Waals surface area contributed by atoms with E-state index in [0.29, 0.717) is 30.0 Å². The summed E-state index contributed by atoms with van der Waals surface area (Å²) in [7, 11) is 0. The Morgan fingerprint density at radius 3 is 2.59 bits per heavy atom. The second-order valence-corrected chi connectivity index (χ2v) is 8.68. The fourth-order valence-corrected chi connectivity index (χ4v) is 4.90. The fourth-order valence-electron chi connectivity index (χ4n) is 4.58. The first-order chi connectivity index (χ1) is 13.9. The lowest BCUT2D eigenvalue weighted by Crippen LogP contribution is -2.41. The molecule has 6 nitrogen and oxygen atoms in total. The SMILES string of the molecule is Cc1ccc(C2C3=C(OC4CCC(Cl)CC4C3=O)C(=O)N2c2cc(C)on2)cc1. The van der Waals surface area contributed by atoms with Gasteiger partial charge in [0.25, 0.3) is 5.91 Å². The molecule has 5 rings (SSSR count). The molecule has 1 amide bonds. The predicted octanol–water partition coefficient (Wildman–Crippen LogP) is 4.01. The first-order valence-corrected chi connectivity index (χ1v) is 10.3. The molecule has 3 aliphatic rings. The van der Waals surface area contributed by atoms with Gasteiger partial charge in [-0.2, -0.15) is 0 Å². The van der Waals surface area contributed by atoms with Crippen LogP contribution >= 0.6 is 11.6 Å². The van der Waals surface area contributed by atoms with E-state index in [9.17, 15) is 9.59 Å². The molecule has 0 bridgehead atoms. The zero-order chi connectivity index (χ0) is 20.3. The molecule has 0 spiro atoms. The van der Waals surface area contributed by atoms with Crippen molar-refractivity contribution in [1.29, 1.82) is 0 Å². The Hall–Kier alpha value is -2.60. The number of ketones is 1. The lowest BCUT2D eigenvalue weighted by molar-refractivity contribution is -0.131. The maximum Gasteiger partial charge on any atom is 0.295 e. The van der Waals surface area contributed by atoms with Crippen LogP contribution in [0.4, 0.5) is 5.82 Å². The molecule has 1 saturated carbocycles. The van der Waals surface area contributed by atoms with Crippen molar-refractivity contribution >= 4 is 29.1 Å². The summed E-state index contributed by atoms with van der Waals surface area (Å²) in [6.45, 7) is 3.76. The standard InChI is InChI=1S/C22H21ClN2O4/c1-11-3-5-13(6-4-11)19-18-20(26)15-10-14(23)7-8-16(15)28-21(18)22(27)25(19)17-9-12(2)29-24-17/h3-6,9,14-16,19H,7-8,10H2,1-2H3. The average Bonchev–Trinajstić information content (AvgIpc) is 3.25. The molecule has 1 aliphatic carbocycles. The normalized spacial score (nSPS) is 29.0.